The molecule has 1 aromatic carbocycles. The fourth-order valence-electron chi connectivity index (χ4n) is 2.36. The van der Waals surface area contributed by atoms with E-state index in [2.05, 4.69) is 11.6 Å². The van der Waals surface area contributed by atoms with Gasteiger partial charge in [0.1, 0.15) is 5.82 Å². The third kappa shape index (κ3) is 3.05. The van der Waals surface area contributed by atoms with Crippen molar-refractivity contribution >= 4 is 17.7 Å². The molecule has 1 amide bonds. The molecule has 2 nitrogen and oxygen atoms in total. The van der Waals surface area contributed by atoms with E-state index in [0.717, 1.165) is 24.8 Å². The van der Waals surface area contributed by atoms with Crippen molar-refractivity contribution in [1.82, 2.24) is 5.32 Å². The molecule has 4 heteroatoms. The van der Waals surface area contributed by atoms with Crippen LogP contribution < -0.4 is 5.32 Å². The number of rotatable bonds is 3. The summed E-state index contributed by atoms with van der Waals surface area (Å²) in [5, 5.41) is 3.56. The maximum absolute atomic E-state index is 13.6. The zero-order valence-corrected chi connectivity index (χ0v) is 11.5. The van der Waals surface area contributed by atoms with Gasteiger partial charge >= 0.3 is 0 Å². The van der Waals surface area contributed by atoms with Crippen LogP contribution in [0.3, 0.4) is 0 Å². The third-order valence-corrected chi connectivity index (χ3v) is 4.51. The van der Waals surface area contributed by atoms with Crippen LogP contribution in [0.5, 0.6) is 0 Å². The lowest BCUT2D eigenvalue weighted by Crippen LogP contribution is -2.33. The van der Waals surface area contributed by atoms with E-state index in [9.17, 15) is 9.18 Å². The minimum atomic E-state index is -0.447. The molecule has 1 saturated carbocycles. The van der Waals surface area contributed by atoms with Crippen molar-refractivity contribution in [2.24, 2.45) is 0 Å². The standard InChI is InChI=1S/C14H18FNOS/c1-9-3-6-13(15)12(7-9)14(17)16-10-4-5-11(8-10)18-2/h3,6-7,10-11H,4-5,8H2,1-2H3,(H,16,17). The summed E-state index contributed by atoms with van der Waals surface area (Å²) in [6, 6.07) is 4.82. The minimum Gasteiger partial charge on any atom is -0.349 e. The first kappa shape index (κ1) is 13.4. The molecule has 0 radical (unpaired) electrons. The van der Waals surface area contributed by atoms with Crippen LogP contribution in [0.1, 0.15) is 35.2 Å². The number of halogens is 1. The molecule has 2 rings (SSSR count). The Bertz CT molecular complexity index is 449. The van der Waals surface area contributed by atoms with Crippen molar-refractivity contribution < 1.29 is 9.18 Å². The Labute approximate surface area is 111 Å². The molecule has 1 aliphatic rings. The molecular formula is C14H18FNOS. The van der Waals surface area contributed by atoms with Crippen molar-refractivity contribution in [3.8, 4) is 0 Å². The van der Waals surface area contributed by atoms with Crippen LogP contribution in [-0.4, -0.2) is 23.5 Å². The fraction of sp³-hybridized carbons (Fsp3) is 0.500. The molecule has 2 unspecified atom stereocenters. The lowest BCUT2D eigenvalue weighted by atomic mass is 10.1. The molecule has 1 fully saturated rings. The van der Waals surface area contributed by atoms with Crippen LogP contribution in [0.2, 0.25) is 0 Å². The van der Waals surface area contributed by atoms with E-state index in [1.165, 1.54) is 6.07 Å². The van der Waals surface area contributed by atoms with Gasteiger partial charge in [0.05, 0.1) is 5.56 Å². The van der Waals surface area contributed by atoms with Gasteiger partial charge in [-0.3, -0.25) is 4.79 Å². The monoisotopic (exact) mass is 267 g/mol. The van der Waals surface area contributed by atoms with Crippen molar-refractivity contribution in [1.29, 1.82) is 0 Å². The smallest absolute Gasteiger partial charge is 0.254 e. The molecule has 0 aliphatic heterocycles. The predicted molar refractivity (Wildman–Crippen MR) is 73.5 cm³/mol. The van der Waals surface area contributed by atoms with Gasteiger partial charge in [0.2, 0.25) is 0 Å². The number of nitrogens with one attached hydrogen (secondary N) is 1. The van der Waals surface area contributed by atoms with Gasteiger partial charge in [-0.2, -0.15) is 11.8 Å². The van der Waals surface area contributed by atoms with Gasteiger partial charge in [-0.15, -0.1) is 0 Å². The minimum absolute atomic E-state index is 0.155. The van der Waals surface area contributed by atoms with Gasteiger partial charge in [0, 0.05) is 11.3 Å². The lowest BCUT2D eigenvalue weighted by molar-refractivity contribution is 0.0934. The summed E-state index contributed by atoms with van der Waals surface area (Å²) in [6.07, 6.45) is 5.20. The summed E-state index contributed by atoms with van der Waals surface area (Å²) in [6.45, 7) is 1.86. The molecule has 1 N–H and O–H groups in total. The third-order valence-electron chi connectivity index (χ3n) is 3.42. The van der Waals surface area contributed by atoms with E-state index in [1.807, 2.05) is 18.7 Å². The van der Waals surface area contributed by atoms with E-state index in [1.54, 1.807) is 12.1 Å². The largest absolute Gasteiger partial charge is 0.349 e. The highest BCUT2D eigenvalue weighted by Crippen LogP contribution is 2.28. The first-order chi connectivity index (χ1) is 8.60. The molecule has 0 bridgehead atoms. The summed E-state index contributed by atoms with van der Waals surface area (Å²) in [5.74, 6) is -0.736. The van der Waals surface area contributed by atoms with E-state index < -0.39 is 5.82 Å². The van der Waals surface area contributed by atoms with Crippen molar-refractivity contribution in [3.63, 3.8) is 0 Å². The molecular weight excluding hydrogens is 249 g/mol. The van der Waals surface area contributed by atoms with E-state index in [-0.39, 0.29) is 17.5 Å². The van der Waals surface area contributed by atoms with Crippen LogP contribution in [0.25, 0.3) is 0 Å². The Morgan fingerprint density at radius 3 is 2.89 bits per heavy atom. The number of amides is 1. The second-order valence-corrected chi connectivity index (χ2v) is 5.96. The summed E-state index contributed by atoms with van der Waals surface area (Å²) in [4.78, 5) is 12.0. The maximum atomic E-state index is 13.6. The number of hydrogen-bond acceptors (Lipinski definition) is 2. The Hall–Kier alpha value is -1.03. The van der Waals surface area contributed by atoms with E-state index >= 15 is 0 Å². The summed E-state index contributed by atoms with van der Waals surface area (Å²) in [5.41, 5.74) is 1.05. The highest BCUT2D eigenvalue weighted by Gasteiger charge is 2.26. The van der Waals surface area contributed by atoms with Crippen LogP contribution >= 0.6 is 11.8 Å². The first-order valence-corrected chi connectivity index (χ1v) is 7.48. The van der Waals surface area contributed by atoms with E-state index in [0.29, 0.717) is 5.25 Å². The van der Waals surface area contributed by atoms with Gasteiger partial charge in [-0.25, -0.2) is 4.39 Å². The molecule has 98 valence electrons. The van der Waals surface area contributed by atoms with Gasteiger partial charge < -0.3 is 5.32 Å². The molecule has 2 atom stereocenters. The molecule has 0 aromatic heterocycles. The Morgan fingerprint density at radius 2 is 2.22 bits per heavy atom. The first-order valence-electron chi connectivity index (χ1n) is 6.20. The van der Waals surface area contributed by atoms with Crippen LogP contribution in [0, 0.1) is 12.7 Å². The topological polar surface area (TPSA) is 29.1 Å². The quantitative estimate of drug-likeness (QED) is 0.911. The molecule has 0 spiro atoms. The average molecular weight is 267 g/mol. The van der Waals surface area contributed by atoms with Gasteiger partial charge in [-0.1, -0.05) is 11.6 Å². The lowest BCUT2D eigenvalue weighted by Gasteiger charge is -2.13. The van der Waals surface area contributed by atoms with Crippen LogP contribution in [-0.2, 0) is 0 Å². The Balaban J connectivity index is 2.02. The van der Waals surface area contributed by atoms with Crippen molar-refractivity contribution in [3.05, 3.63) is 35.1 Å². The number of thioether (sulfide) groups is 1. The average Bonchev–Trinajstić information content (AvgIpc) is 2.80. The van der Waals surface area contributed by atoms with Gasteiger partial charge in [0.15, 0.2) is 0 Å². The van der Waals surface area contributed by atoms with Crippen molar-refractivity contribution in [2.45, 2.75) is 37.5 Å². The number of carbonyl (C=O) groups excluding carboxylic acids is 1. The zero-order valence-electron chi connectivity index (χ0n) is 10.7. The molecule has 1 aliphatic carbocycles. The highest BCUT2D eigenvalue weighted by atomic mass is 32.2. The second kappa shape index (κ2) is 5.74. The normalized spacial score (nSPS) is 23.1. The SMILES string of the molecule is CSC1CCC(NC(=O)c2cc(C)ccc2F)C1. The zero-order chi connectivity index (χ0) is 13.1. The summed E-state index contributed by atoms with van der Waals surface area (Å²) in [7, 11) is 0. The second-order valence-electron chi connectivity index (χ2n) is 4.82. The molecule has 18 heavy (non-hydrogen) atoms. The fourth-order valence-corrected chi connectivity index (χ4v) is 3.16. The summed E-state index contributed by atoms with van der Waals surface area (Å²) < 4.78 is 13.6. The highest BCUT2D eigenvalue weighted by molar-refractivity contribution is 7.99. The Morgan fingerprint density at radius 1 is 1.44 bits per heavy atom. The summed E-state index contributed by atoms with van der Waals surface area (Å²) >= 11 is 1.84. The number of carbonyl (C=O) groups is 1. The van der Waals surface area contributed by atoms with E-state index in [4.69, 9.17) is 0 Å². The van der Waals surface area contributed by atoms with Crippen LogP contribution in [0.15, 0.2) is 18.2 Å². The molecule has 0 heterocycles. The van der Waals surface area contributed by atoms with Gasteiger partial charge in [0.25, 0.3) is 5.91 Å². The molecule has 0 saturated heterocycles. The molecule has 1 aromatic rings. The maximum Gasteiger partial charge on any atom is 0.254 e. The number of aryl methyl sites for hydroxylation is 1. The van der Waals surface area contributed by atoms with Crippen molar-refractivity contribution in [2.75, 3.05) is 6.26 Å². The predicted octanol–water partition coefficient (Wildman–Crippen LogP) is 3.15. The Kier molecular flexibility index (Phi) is 4.27. The number of hydrogen-bond donors (Lipinski definition) is 1. The van der Waals surface area contributed by atoms with Crippen LogP contribution in [0.4, 0.5) is 4.39 Å². The number of benzene rings is 1. The van der Waals surface area contributed by atoms with Gasteiger partial charge in [-0.05, 0) is 44.6 Å².